The van der Waals surface area contributed by atoms with Crippen LogP contribution in [0.2, 0.25) is 5.02 Å². The molecule has 0 saturated heterocycles. The van der Waals surface area contributed by atoms with Gasteiger partial charge in [-0.15, -0.1) is 0 Å². The molecule has 0 aliphatic heterocycles. The number of benzene rings is 3. The predicted molar refractivity (Wildman–Crippen MR) is 153 cm³/mol. The largest absolute Gasteiger partial charge is 0.497 e. The molecule has 3 aromatic rings. The lowest BCUT2D eigenvalue weighted by Gasteiger charge is -2.38. The number of sulfone groups is 1. The van der Waals surface area contributed by atoms with Gasteiger partial charge >= 0.3 is 0 Å². The summed E-state index contributed by atoms with van der Waals surface area (Å²) < 4.78 is 73.4. The lowest BCUT2D eigenvalue weighted by molar-refractivity contribution is 0.0410. The quantitative estimate of drug-likeness (QED) is 0.171. The van der Waals surface area contributed by atoms with Crippen LogP contribution in [0.3, 0.4) is 0 Å². The summed E-state index contributed by atoms with van der Waals surface area (Å²) >= 11 is 6.30. The fourth-order valence-corrected chi connectivity index (χ4v) is 8.87. The second-order valence-electron chi connectivity index (χ2n) is 10.8. The van der Waals surface area contributed by atoms with Crippen molar-refractivity contribution < 1.29 is 41.1 Å². The molecule has 13 heteroatoms. The smallest absolute Gasteiger partial charge is 0.255 e. The number of halogens is 4. The first-order chi connectivity index (χ1) is 20.4. The second-order valence-corrected chi connectivity index (χ2v) is 13.3. The molecular weight excluding hydrogens is 609 g/mol. The highest BCUT2D eigenvalue weighted by Crippen LogP contribution is 2.51. The van der Waals surface area contributed by atoms with Crippen LogP contribution in [0, 0.1) is 29.3 Å². The second kappa shape index (κ2) is 12.2. The Bertz CT molecular complexity index is 1650. The average molecular weight is 637 g/mol. The van der Waals surface area contributed by atoms with Gasteiger partial charge in [-0.3, -0.25) is 4.79 Å². The number of nitrogens with zero attached hydrogens (tertiary/aromatic N) is 1. The van der Waals surface area contributed by atoms with E-state index in [9.17, 15) is 31.5 Å². The molecule has 5 rings (SSSR count). The van der Waals surface area contributed by atoms with Gasteiger partial charge in [0.15, 0.2) is 27.3 Å². The van der Waals surface area contributed by atoms with Gasteiger partial charge in [-0.1, -0.05) is 28.9 Å². The van der Waals surface area contributed by atoms with Gasteiger partial charge in [0.05, 0.1) is 28.5 Å². The van der Waals surface area contributed by atoms with Gasteiger partial charge in [0.1, 0.15) is 18.0 Å². The van der Waals surface area contributed by atoms with E-state index >= 15 is 0 Å². The molecule has 2 fully saturated rings. The molecule has 228 valence electrons. The summed E-state index contributed by atoms with van der Waals surface area (Å²) in [5, 5.41) is 16.5. The maximum absolute atomic E-state index is 13.9. The Morgan fingerprint density at radius 1 is 1.09 bits per heavy atom. The van der Waals surface area contributed by atoms with Crippen molar-refractivity contribution in [2.45, 2.75) is 48.0 Å². The van der Waals surface area contributed by atoms with Crippen molar-refractivity contribution in [1.82, 2.24) is 0 Å². The fraction of sp³-hybridized carbons (Fsp3) is 0.333. The summed E-state index contributed by atoms with van der Waals surface area (Å²) in [7, 11) is -2.52. The molecule has 43 heavy (non-hydrogen) atoms. The predicted octanol–water partition coefficient (Wildman–Crippen LogP) is 5.91. The number of aliphatic hydroxyl groups is 1. The lowest BCUT2D eigenvalue weighted by Crippen LogP contribution is -2.47. The SMILES string of the molecule is COc1cccc(CO/N=C/C2(O)CC3CC[C@H](C2)C3S(=O)(=O)c2cc(C(=O)Nc3cc(F)c(F)c(F)c3)ccc2Cl)c1. The minimum Gasteiger partial charge on any atom is -0.497 e. The number of ether oxygens (including phenoxy) is 1. The minimum absolute atomic E-state index is 0.0943. The van der Waals surface area contributed by atoms with E-state index < -0.39 is 55.9 Å². The Labute approximate surface area is 251 Å². The number of hydrogen-bond donors (Lipinski definition) is 2. The zero-order valence-electron chi connectivity index (χ0n) is 22.9. The number of amides is 1. The summed E-state index contributed by atoms with van der Waals surface area (Å²) in [6.07, 6.45) is 2.72. The van der Waals surface area contributed by atoms with Crippen molar-refractivity contribution in [1.29, 1.82) is 0 Å². The first kappa shape index (κ1) is 30.8. The van der Waals surface area contributed by atoms with Crippen molar-refractivity contribution in [3.8, 4) is 5.75 Å². The van der Waals surface area contributed by atoms with E-state index in [-0.39, 0.29) is 40.6 Å². The fourth-order valence-electron chi connectivity index (χ4n) is 6.03. The van der Waals surface area contributed by atoms with Gasteiger partial charge in [0, 0.05) is 23.4 Å². The lowest BCUT2D eigenvalue weighted by atomic mass is 9.78. The third-order valence-corrected chi connectivity index (χ3v) is 10.8. The normalized spacial score (nSPS) is 23.3. The molecule has 1 amide bonds. The Morgan fingerprint density at radius 3 is 2.42 bits per heavy atom. The van der Waals surface area contributed by atoms with Crippen LogP contribution >= 0.6 is 11.6 Å². The number of carbonyl (C=O) groups is 1. The molecule has 2 bridgehead atoms. The monoisotopic (exact) mass is 636 g/mol. The molecule has 0 aromatic heterocycles. The molecule has 3 unspecified atom stereocenters. The van der Waals surface area contributed by atoms with E-state index in [0.717, 1.165) is 11.6 Å². The van der Waals surface area contributed by atoms with Gasteiger partial charge in [-0.2, -0.15) is 0 Å². The number of methoxy groups -OCH3 is 1. The minimum atomic E-state index is -4.07. The number of rotatable bonds is 9. The first-order valence-electron chi connectivity index (χ1n) is 13.4. The van der Waals surface area contributed by atoms with Gasteiger partial charge in [0.25, 0.3) is 5.91 Å². The highest BCUT2D eigenvalue weighted by Gasteiger charge is 2.54. The number of hydrogen-bond acceptors (Lipinski definition) is 7. The molecule has 2 saturated carbocycles. The molecule has 0 heterocycles. The standard InChI is InChI=1S/C30H28ClF3N2O6S/c1-41-22-4-2-3-17(9-22)15-42-35-16-30(38)13-19-5-6-20(14-30)28(19)43(39,40)26-10-18(7-8-23(26)31)29(37)36-21-11-24(32)27(34)25(33)12-21/h2-4,7-12,16,19-20,28,38H,5-6,13-15H2,1H3,(H,36,37)/b35-16+/t19-,20?,28?,30?/m1/s1. The molecule has 8 nitrogen and oxygen atoms in total. The van der Waals surface area contributed by atoms with E-state index in [4.69, 9.17) is 21.2 Å². The Balaban J connectivity index is 1.29. The van der Waals surface area contributed by atoms with Crippen molar-refractivity contribution in [2.75, 3.05) is 12.4 Å². The van der Waals surface area contributed by atoms with Crippen LogP contribution in [0.4, 0.5) is 18.9 Å². The molecule has 4 atom stereocenters. The van der Waals surface area contributed by atoms with Crippen LogP contribution in [0.15, 0.2) is 64.6 Å². The zero-order chi connectivity index (χ0) is 30.9. The molecule has 2 aliphatic rings. The average Bonchev–Trinajstić information content (AvgIpc) is 3.27. The van der Waals surface area contributed by atoms with Gasteiger partial charge in [0.2, 0.25) is 0 Å². The highest BCUT2D eigenvalue weighted by molar-refractivity contribution is 7.92. The zero-order valence-corrected chi connectivity index (χ0v) is 24.5. The van der Waals surface area contributed by atoms with Crippen LogP contribution in [0.5, 0.6) is 5.75 Å². The van der Waals surface area contributed by atoms with Crippen molar-refractivity contribution in [3.05, 3.63) is 88.2 Å². The van der Waals surface area contributed by atoms with E-state index in [1.807, 2.05) is 12.1 Å². The van der Waals surface area contributed by atoms with Crippen molar-refractivity contribution in [3.63, 3.8) is 0 Å². The Kier molecular flexibility index (Phi) is 8.73. The maximum atomic E-state index is 13.9. The van der Waals surface area contributed by atoms with Crippen LogP contribution in [-0.2, 0) is 21.3 Å². The first-order valence-corrected chi connectivity index (χ1v) is 15.3. The number of anilines is 1. The summed E-state index contributed by atoms with van der Waals surface area (Å²) in [4.78, 5) is 17.9. The molecule has 0 spiro atoms. The number of oxime groups is 1. The van der Waals surface area contributed by atoms with E-state index in [0.29, 0.717) is 30.7 Å². The summed E-state index contributed by atoms with van der Waals surface area (Å²) in [6, 6.07) is 12.1. The molecular formula is C30H28ClF3N2O6S. The maximum Gasteiger partial charge on any atom is 0.255 e. The van der Waals surface area contributed by atoms with Crippen LogP contribution in [0.25, 0.3) is 0 Å². The third-order valence-electron chi connectivity index (χ3n) is 7.90. The van der Waals surface area contributed by atoms with Crippen LogP contribution in [-0.4, -0.2) is 43.6 Å². The van der Waals surface area contributed by atoms with E-state index in [1.54, 1.807) is 19.2 Å². The molecule has 3 aromatic carbocycles. The third kappa shape index (κ3) is 6.51. The highest BCUT2D eigenvalue weighted by atomic mass is 35.5. The van der Waals surface area contributed by atoms with Gasteiger partial charge in [-0.25, -0.2) is 21.6 Å². The van der Waals surface area contributed by atoms with Crippen LogP contribution in [0.1, 0.15) is 41.6 Å². The topological polar surface area (TPSA) is 114 Å². The number of nitrogens with one attached hydrogen (secondary N) is 1. The van der Waals surface area contributed by atoms with Gasteiger partial charge in [-0.05, 0) is 73.4 Å². The van der Waals surface area contributed by atoms with Crippen molar-refractivity contribution in [2.24, 2.45) is 17.0 Å². The summed E-state index contributed by atoms with van der Waals surface area (Å²) in [5.41, 5.74) is -1.02. The van der Waals surface area contributed by atoms with Crippen molar-refractivity contribution >= 4 is 39.2 Å². The summed E-state index contributed by atoms with van der Waals surface area (Å²) in [5.74, 6) is -5.67. The number of fused-ring (bicyclic) bond motifs is 2. The summed E-state index contributed by atoms with van der Waals surface area (Å²) in [6.45, 7) is 0.154. The number of carbonyl (C=O) groups excluding carboxylic acids is 1. The van der Waals surface area contributed by atoms with Gasteiger partial charge < -0.3 is 20.0 Å². The molecule has 2 N–H and O–H groups in total. The van der Waals surface area contributed by atoms with E-state index in [1.165, 1.54) is 18.3 Å². The Morgan fingerprint density at radius 2 is 1.77 bits per heavy atom. The van der Waals surface area contributed by atoms with E-state index in [2.05, 4.69) is 10.5 Å². The Hall–Kier alpha value is -3.61. The van der Waals surface area contributed by atoms with Crippen LogP contribution < -0.4 is 10.1 Å². The molecule has 2 aliphatic carbocycles. The molecule has 0 radical (unpaired) electrons.